The zero-order valence-electron chi connectivity index (χ0n) is 11.4. The zero-order valence-corrected chi connectivity index (χ0v) is 13.0. The molecule has 5 heteroatoms. The van der Waals surface area contributed by atoms with Crippen molar-refractivity contribution < 1.29 is 4.79 Å². The smallest absolute Gasteiger partial charge is 0.238 e. The van der Waals surface area contributed by atoms with E-state index >= 15 is 0 Å². The van der Waals surface area contributed by atoms with E-state index in [1.54, 1.807) is 0 Å². The van der Waals surface area contributed by atoms with Crippen LogP contribution in [0.2, 0.25) is 0 Å². The van der Waals surface area contributed by atoms with Crippen LogP contribution in [0.4, 0.5) is 5.69 Å². The van der Waals surface area contributed by atoms with E-state index in [1.165, 1.54) is 25.9 Å². The third kappa shape index (κ3) is 3.05. The number of hydrogen-bond acceptors (Lipinski definition) is 3. The summed E-state index contributed by atoms with van der Waals surface area (Å²) in [5.41, 5.74) is 0.827. The van der Waals surface area contributed by atoms with Gasteiger partial charge in [-0.25, -0.2) is 0 Å². The molecule has 1 amide bonds. The molecule has 2 fully saturated rings. The number of hydrogen-bond donors (Lipinski definition) is 2. The van der Waals surface area contributed by atoms with Crippen LogP contribution in [0.15, 0.2) is 28.7 Å². The van der Waals surface area contributed by atoms with Crippen molar-refractivity contribution in [3.05, 3.63) is 28.7 Å². The van der Waals surface area contributed by atoms with Crippen LogP contribution >= 0.6 is 15.9 Å². The predicted octanol–water partition coefficient (Wildman–Crippen LogP) is 2.21. The molecule has 0 spiro atoms. The summed E-state index contributed by atoms with van der Waals surface area (Å²) < 4.78 is 0.913. The average molecular weight is 338 g/mol. The van der Waals surface area contributed by atoms with Crippen LogP contribution in [0.5, 0.6) is 0 Å². The van der Waals surface area contributed by atoms with Crippen molar-refractivity contribution in [1.82, 2.24) is 10.2 Å². The number of rotatable bonds is 4. The largest absolute Gasteiger partial charge is 0.324 e. The number of halogens is 1. The highest BCUT2D eigenvalue weighted by molar-refractivity contribution is 9.10. The van der Waals surface area contributed by atoms with Gasteiger partial charge in [0, 0.05) is 23.1 Å². The number of amides is 1. The van der Waals surface area contributed by atoms with E-state index in [9.17, 15) is 4.79 Å². The summed E-state index contributed by atoms with van der Waals surface area (Å²) in [5, 5.41) is 6.36. The average Bonchev–Trinajstić information content (AvgIpc) is 3.02. The second kappa shape index (κ2) is 6.24. The Hall–Kier alpha value is -0.910. The molecule has 0 saturated carbocycles. The minimum atomic E-state index is 0.0216. The maximum Gasteiger partial charge on any atom is 0.238 e. The number of para-hydroxylation sites is 1. The second-order valence-electron chi connectivity index (χ2n) is 5.55. The molecule has 108 valence electrons. The van der Waals surface area contributed by atoms with E-state index in [0.717, 1.165) is 16.6 Å². The number of fused-ring (bicyclic) bond motifs is 1. The molecule has 1 aromatic carbocycles. The molecule has 0 aromatic heterocycles. The Kier molecular flexibility index (Phi) is 4.38. The monoisotopic (exact) mass is 337 g/mol. The maximum absolute atomic E-state index is 12.0. The van der Waals surface area contributed by atoms with E-state index in [0.29, 0.717) is 18.6 Å². The maximum atomic E-state index is 12.0. The highest BCUT2D eigenvalue weighted by Crippen LogP contribution is 2.27. The summed E-state index contributed by atoms with van der Waals surface area (Å²) >= 11 is 3.44. The Bertz CT molecular complexity index is 494. The van der Waals surface area contributed by atoms with Crippen LogP contribution in [-0.4, -0.2) is 42.5 Å². The normalized spacial score (nSPS) is 25.6. The van der Waals surface area contributed by atoms with Crippen LogP contribution in [-0.2, 0) is 4.79 Å². The van der Waals surface area contributed by atoms with E-state index in [1.807, 2.05) is 24.3 Å². The van der Waals surface area contributed by atoms with Gasteiger partial charge in [-0.05, 0) is 53.9 Å². The first-order valence-corrected chi connectivity index (χ1v) is 8.05. The molecule has 2 saturated heterocycles. The lowest BCUT2D eigenvalue weighted by Gasteiger charge is -2.21. The molecule has 3 rings (SSSR count). The third-order valence-electron chi connectivity index (χ3n) is 4.28. The number of nitrogens with one attached hydrogen (secondary N) is 2. The summed E-state index contributed by atoms with van der Waals surface area (Å²) in [6.07, 6.45) is 3.72. The highest BCUT2D eigenvalue weighted by atomic mass is 79.9. The van der Waals surface area contributed by atoms with Crippen molar-refractivity contribution in [2.45, 2.75) is 31.3 Å². The minimum Gasteiger partial charge on any atom is -0.324 e. The summed E-state index contributed by atoms with van der Waals surface area (Å²) in [6, 6.07) is 8.80. The van der Waals surface area contributed by atoms with Crippen LogP contribution in [0.25, 0.3) is 0 Å². The molecular formula is C15H20BrN3O. The van der Waals surface area contributed by atoms with Gasteiger partial charge in [0.1, 0.15) is 0 Å². The first-order chi connectivity index (χ1) is 9.74. The Balaban J connectivity index is 1.49. The topological polar surface area (TPSA) is 44.4 Å². The molecule has 2 aliphatic heterocycles. The number of anilines is 1. The van der Waals surface area contributed by atoms with Crippen molar-refractivity contribution in [2.24, 2.45) is 0 Å². The van der Waals surface area contributed by atoms with Gasteiger partial charge in [0.15, 0.2) is 0 Å². The molecule has 0 radical (unpaired) electrons. The molecular weight excluding hydrogens is 318 g/mol. The predicted molar refractivity (Wildman–Crippen MR) is 83.8 cm³/mol. The second-order valence-corrected chi connectivity index (χ2v) is 6.40. The van der Waals surface area contributed by atoms with Crippen molar-refractivity contribution in [1.29, 1.82) is 0 Å². The number of benzene rings is 1. The Morgan fingerprint density at radius 3 is 3.00 bits per heavy atom. The Morgan fingerprint density at radius 1 is 1.30 bits per heavy atom. The van der Waals surface area contributed by atoms with Gasteiger partial charge in [0.25, 0.3) is 0 Å². The fraction of sp³-hybridized carbons (Fsp3) is 0.533. The Morgan fingerprint density at radius 2 is 2.15 bits per heavy atom. The molecule has 2 heterocycles. The van der Waals surface area contributed by atoms with Crippen molar-refractivity contribution in [2.75, 3.05) is 25.0 Å². The summed E-state index contributed by atoms with van der Waals surface area (Å²) in [7, 11) is 0. The van der Waals surface area contributed by atoms with Gasteiger partial charge in [-0.3, -0.25) is 9.69 Å². The molecule has 2 unspecified atom stereocenters. The first-order valence-electron chi connectivity index (χ1n) is 7.26. The number of carbonyl (C=O) groups is 1. The van der Waals surface area contributed by atoms with Crippen LogP contribution in [0, 0.1) is 0 Å². The van der Waals surface area contributed by atoms with E-state index in [2.05, 4.69) is 31.5 Å². The lowest BCUT2D eigenvalue weighted by Crippen LogP contribution is -2.42. The lowest BCUT2D eigenvalue weighted by atomic mass is 10.1. The van der Waals surface area contributed by atoms with Gasteiger partial charge in [0.05, 0.1) is 12.2 Å². The first kappa shape index (κ1) is 14.0. The summed E-state index contributed by atoms with van der Waals surface area (Å²) in [6.45, 7) is 2.79. The van der Waals surface area contributed by atoms with Gasteiger partial charge >= 0.3 is 0 Å². The van der Waals surface area contributed by atoms with Gasteiger partial charge < -0.3 is 10.6 Å². The molecule has 0 bridgehead atoms. The van der Waals surface area contributed by atoms with Gasteiger partial charge in [-0.15, -0.1) is 0 Å². The minimum absolute atomic E-state index is 0.0216. The standard InChI is InChI=1S/C15H20BrN3O/c16-11-4-1-2-5-12(11)18-15(20)10-17-13-7-9-19-8-3-6-14(13)19/h1-2,4-5,13-14,17H,3,6-10H2,(H,18,20). The summed E-state index contributed by atoms with van der Waals surface area (Å²) in [4.78, 5) is 14.6. The van der Waals surface area contributed by atoms with Crippen molar-refractivity contribution in [3.63, 3.8) is 0 Å². The van der Waals surface area contributed by atoms with Crippen LogP contribution < -0.4 is 10.6 Å². The quantitative estimate of drug-likeness (QED) is 0.885. The molecule has 2 atom stereocenters. The summed E-state index contributed by atoms with van der Waals surface area (Å²) in [5.74, 6) is 0.0216. The van der Waals surface area contributed by atoms with Crippen LogP contribution in [0.1, 0.15) is 19.3 Å². The lowest BCUT2D eigenvalue weighted by molar-refractivity contribution is -0.115. The van der Waals surface area contributed by atoms with E-state index < -0.39 is 0 Å². The SMILES string of the molecule is O=C(CNC1CCN2CCCC12)Nc1ccccc1Br. The molecule has 0 aliphatic carbocycles. The Labute approximate surface area is 128 Å². The van der Waals surface area contributed by atoms with Gasteiger partial charge in [-0.2, -0.15) is 0 Å². The van der Waals surface area contributed by atoms with E-state index in [-0.39, 0.29) is 5.91 Å². The van der Waals surface area contributed by atoms with E-state index in [4.69, 9.17) is 0 Å². The van der Waals surface area contributed by atoms with Gasteiger partial charge in [0.2, 0.25) is 5.91 Å². The molecule has 4 nitrogen and oxygen atoms in total. The highest BCUT2D eigenvalue weighted by Gasteiger charge is 2.36. The third-order valence-corrected chi connectivity index (χ3v) is 4.97. The fourth-order valence-electron chi connectivity index (χ4n) is 3.30. The number of carbonyl (C=O) groups excluding carboxylic acids is 1. The molecule has 2 aliphatic rings. The van der Waals surface area contributed by atoms with Crippen molar-refractivity contribution in [3.8, 4) is 0 Å². The fourth-order valence-corrected chi connectivity index (χ4v) is 3.69. The molecule has 2 N–H and O–H groups in total. The van der Waals surface area contributed by atoms with Gasteiger partial charge in [-0.1, -0.05) is 12.1 Å². The zero-order chi connectivity index (χ0) is 13.9. The van der Waals surface area contributed by atoms with Crippen molar-refractivity contribution >= 4 is 27.5 Å². The molecule has 20 heavy (non-hydrogen) atoms. The molecule has 1 aromatic rings. The van der Waals surface area contributed by atoms with Crippen LogP contribution in [0.3, 0.4) is 0 Å². The number of nitrogens with zero attached hydrogens (tertiary/aromatic N) is 1.